The fourth-order valence-corrected chi connectivity index (χ4v) is 6.41. The number of anilines is 3. The number of hydrogen-bond donors (Lipinski definition) is 0. The van der Waals surface area contributed by atoms with Crippen molar-refractivity contribution < 1.29 is 0 Å². The Morgan fingerprint density at radius 2 is 1.32 bits per heavy atom. The fourth-order valence-electron chi connectivity index (χ4n) is 6.41. The highest BCUT2D eigenvalue weighted by atomic mass is 15.2. The van der Waals surface area contributed by atoms with Crippen molar-refractivity contribution in [1.29, 1.82) is 0 Å². The van der Waals surface area contributed by atoms with Crippen LogP contribution >= 0.6 is 0 Å². The number of allylic oxidation sites excluding steroid dienone is 6. The van der Waals surface area contributed by atoms with Gasteiger partial charge in [-0.3, -0.25) is 0 Å². The van der Waals surface area contributed by atoms with Crippen molar-refractivity contribution in [3.63, 3.8) is 0 Å². The number of likely N-dealkylation sites (N-methyl/N-ethyl adjacent to an activating group) is 1. The highest BCUT2D eigenvalue weighted by Gasteiger charge is 2.26. The van der Waals surface area contributed by atoms with Gasteiger partial charge in [0.1, 0.15) is 0 Å². The molecule has 0 bridgehead atoms. The maximum Gasteiger partial charge on any atom is 0.0525 e. The van der Waals surface area contributed by atoms with Crippen LogP contribution in [0.2, 0.25) is 0 Å². The first-order chi connectivity index (χ1) is 21.7. The molecular formula is C42H36N2. The van der Waals surface area contributed by atoms with Gasteiger partial charge in [0.2, 0.25) is 0 Å². The molecule has 2 heteroatoms. The Bertz CT molecular complexity index is 1930. The average Bonchev–Trinajstić information content (AvgIpc) is 3.47. The van der Waals surface area contributed by atoms with E-state index in [0.29, 0.717) is 0 Å². The normalized spacial score (nSPS) is 16.5. The molecule has 1 aliphatic heterocycles. The van der Waals surface area contributed by atoms with Crippen molar-refractivity contribution in [2.45, 2.75) is 19.8 Å². The van der Waals surface area contributed by atoms with Crippen molar-refractivity contribution in [2.24, 2.45) is 0 Å². The van der Waals surface area contributed by atoms with Crippen molar-refractivity contribution >= 4 is 40.0 Å². The lowest BCUT2D eigenvalue weighted by Gasteiger charge is -2.29. The zero-order valence-electron chi connectivity index (χ0n) is 25.3. The lowest BCUT2D eigenvalue weighted by atomic mass is 9.99. The Balaban J connectivity index is 1.35. The standard InChI is InChI=1S/C42H36N2/c1-31-32(21-23-33-13-9-11-19-40(31)33)22-24-35-25-26-36(28-30-37-29-27-34-14-10-12-20-41(34)43(37)2)42(35)44(38-15-5-3-6-16-38)39-17-7-4-8-18-39/h3-24,27-30H,25-26H2,1-2H3/b24-22?,36-28+,37-30?. The number of aryl methyl sites for hydroxylation is 1. The molecule has 0 spiro atoms. The van der Waals surface area contributed by atoms with E-state index in [-0.39, 0.29) is 0 Å². The van der Waals surface area contributed by atoms with Gasteiger partial charge in [0.25, 0.3) is 0 Å². The molecule has 2 aliphatic rings. The van der Waals surface area contributed by atoms with Crippen LogP contribution in [0.1, 0.15) is 29.5 Å². The van der Waals surface area contributed by atoms with Crippen LogP contribution in [0.15, 0.2) is 168 Å². The molecule has 0 N–H and O–H groups in total. The van der Waals surface area contributed by atoms with E-state index in [1.54, 1.807) is 0 Å². The van der Waals surface area contributed by atoms with Gasteiger partial charge in [-0.1, -0.05) is 115 Å². The summed E-state index contributed by atoms with van der Waals surface area (Å²) >= 11 is 0. The summed E-state index contributed by atoms with van der Waals surface area (Å²) in [6.07, 6.45) is 15.7. The topological polar surface area (TPSA) is 6.48 Å². The van der Waals surface area contributed by atoms with Crippen LogP contribution < -0.4 is 9.80 Å². The summed E-state index contributed by atoms with van der Waals surface area (Å²) in [5, 5.41) is 2.59. The first kappa shape index (κ1) is 27.5. The summed E-state index contributed by atoms with van der Waals surface area (Å²) in [4.78, 5) is 4.71. The molecule has 214 valence electrons. The largest absolute Gasteiger partial charge is 0.344 e. The van der Waals surface area contributed by atoms with Crippen molar-refractivity contribution in [1.82, 2.24) is 0 Å². The molecule has 0 aromatic heterocycles. The van der Waals surface area contributed by atoms with E-state index < -0.39 is 0 Å². The minimum atomic E-state index is 0.982. The third kappa shape index (κ3) is 5.31. The van der Waals surface area contributed by atoms with Crippen LogP contribution in [-0.4, -0.2) is 7.05 Å². The zero-order valence-corrected chi connectivity index (χ0v) is 25.3. The molecule has 1 heterocycles. The van der Waals surface area contributed by atoms with E-state index in [1.807, 2.05) is 0 Å². The highest BCUT2D eigenvalue weighted by Crippen LogP contribution is 2.42. The van der Waals surface area contributed by atoms with Gasteiger partial charge in [0, 0.05) is 29.8 Å². The zero-order chi connectivity index (χ0) is 29.9. The molecule has 5 aromatic carbocycles. The molecule has 0 atom stereocenters. The first-order valence-corrected chi connectivity index (χ1v) is 15.4. The summed E-state index contributed by atoms with van der Waals surface area (Å²) in [6.45, 7) is 2.23. The Kier molecular flexibility index (Phi) is 7.56. The molecule has 0 unspecified atom stereocenters. The van der Waals surface area contributed by atoms with Gasteiger partial charge < -0.3 is 9.80 Å². The van der Waals surface area contributed by atoms with Crippen molar-refractivity contribution in [2.75, 3.05) is 16.8 Å². The first-order valence-electron chi connectivity index (χ1n) is 15.4. The van der Waals surface area contributed by atoms with Crippen molar-refractivity contribution in [3.05, 3.63) is 185 Å². The predicted octanol–water partition coefficient (Wildman–Crippen LogP) is 11.0. The number of rotatable bonds is 6. The summed E-state index contributed by atoms with van der Waals surface area (Å²) in [5.74, 6) is 0. The Morgan fingerprint density at radius 1 is 0.636 bits per heavy atom. The van der Waals surface area contributed by atoms with Gasteiger partial charge in [0.15, 0.2) is 0 Å². The summed E-state index contributed by atoms with van der Waals surface area (Å²) in [6, 6.07) is 43.2. The molecule has 44 heavy (non-hydrogen) atoms. The molecular weight excluding hydrogens is 532 g/mol. The van der Waals surface area contributed by atoms with E-state index in [0.717, 1.165) is 24.2 Å². The number of nitrogens with zero attached hydrogens (tertiary/aromatic N) is 2. The average molecular weight is 569 g/mol. The maximum absolute atomic E-state index is 2.43. The maximum atomic E-state index is 2.43. The summed E-state index contributed by atoms with van der Waals surface area (Å²) in [5.41, 5.74) is 12.5. The quantitative estimate of drug-likeness (QED) is 0.201. The van der Waals surface area contributed by atoms with Crippen LogP contribution in [-0.2, 0) is 0 Å². The Morgan fingerprint density at radius 3 is 2.09 bits per heavy atom. The second-order valence-electron chi connectivity index (χ2n) is 11.4. The van der Waals surface area contributed by atoms with Crippen LogP contribution in [0, 0.1) is 6.92 Å². The molecule has 5 aromatic rings. The Hall–Kier alpha value is -5.34. The third-order valence-electron chi connectivity index (χ3n) is 8.80. The monoisotopic (exact) mass is 568 g/mol. The smallest absolute Gasteiger partial charge is 0.0525 e. The number of fused-ring (bicyclic) bond motifs is 2. The Labute approximate surface area is 260 Å². The van der Waals surface area contributed by atoms with Crippen LogP contribution in [0.3, 0.4) is 0 Å². The SMILES string of the molecule is Cc1c(C=CC2=C(N(c3ccccc3)c3ccccc3)/C(=C/C=C3C=Cc4ccccc4N3C)CC2)ccc2ccccc12. The number of hydrogen-bond acceptors (Lipinski definition) is 2. The van der Waals surface area contributed by atoms with Gasteiger partial charge in [-0.2, -0.15) is 0 Å². The minimum Gasteiger partial charge on any atom is -0.344 e. The lowest BCUT2D eigenvalue weighted by molar-refractivity contribution is 1.03. The second-order valence-corrected chi connectivity index (χ2v) is 11.4. The molecule has 2 nitrogen and oxygen atoms in total. The van der Waals surface area contributed by atoms with Gasteiger partial charge >= 0.3 is 0 Å². The van der Waals surface area contributed by atoms with Crippen LogP contribution in [0.25, 0.3) is 22.9 Å². The molecule has 0 fully saturated rings. The summed E-state index contributed by atoms with van der Waals surface area (Å²) in [7, 11) is 2.15. The molecule has 0 radical (unpaired) electrons. The van der Waals surface area contributed by atoms with E-state index >= 15 is 0 Å². The molecule has 0 amide bonds. The minimum absolute atomic E-state index is 0.982. The molecule has 0 saturated heterocycles. The van der Waals surface area contributed by atoms with Crippen LogP contribution in [0.5, 0.6) is 0 Å². The second kappa shape index (κ2) is 12.1. The number of benzene rings is 5. The van der Waals surface area contributed by atoms with Gasteiger partial charge in [-0.05, 0) is 101 Å². The molecule has 7 rings (SSSR count). The van der Waals surface area contributed by atoms with Gasteiger partial charge in [-0.15, -0.1) is 0 Å². The van der Waals surface area contributed by atoms with E-state index in [2.05, 4.69) is 182 Å². The van der Waals surface area contributed by atoms with E-state index in [9.17, 15) is 0 Å². The fraction of sp³-hybridized carbons (Fsp3) is 0.0952. The van der Waals surface area contributed by atoms with Crippen LogP contribution in [0.4, 0.5) is 17.1 Å². The molecule has 1 aliphatic carbocycles. The predicted molar refractivity (Wildman–Crippen MR) is 189 cm³/mol. The highest BCUT2D eigenvalue weighted by molar-refractivity contribution is 5.89. The van der Waals surface area contributed by atoms with E-state index in [1.165, 1.54) is 55.7 Å². The number of para-hydroxylation sites is 3. The van der Waals surface area contributed by atoms with E-state index in [4.69, 9.17) is 0 Å². The third-order valence-corrected chi connectivity index (χ3v) is 8.80. The van der Waals surface area contributed by atoms with Gasteiger partial charge in [0.05, 0.1) is 5.70 Å². The van der Waals surface area contributed by atoms with Crippen molar-refractivity contribution in [3.8, 4) is 0 Å². The summed E-state index contributed by atoms with van der Waals surface area (Å²) < 4.78 is 0. The molecule has 0 saturated carbocycles. The van der Waals surface area contributed by atoms with Gasteiger partial charge in [-0.25, -0.2) is 0 Å². The lowest BCUT2D eigenvalue weighted by Crippen LogP contribution is -2.19.